The van der Waals surface area contributed by atoms with Crippen LogP contribution in [0.25, 0.3) is 0 Å². The summed E-state index contributed by atoms with van der Waals surface area (Å²) in [6, 6.07) is 11.1. The molecule has 0 aliphatic carbocycles. The van der Waals surface area contributed by atoms with E-state index in [1.807, 2.05) is 39.0 Å². The van der Waals surface area contributed by atoms with Crippen LogP contribution in [0.5, 0.6) is 0 Å². The summed E-state index contributed by atoms with van der Waals surface area (Å²) in [5.74, 6) is -1.25. The van der Waals surface area contributed by atoms with Gasteiger partial charge in [0.1, 0.15) is 12.4 Å². The summed E-state index contributed by atoms with van der Waals surface area (Å²) in [5.41, 5.74) is 2.85. The van der Waals surface area contributed by atoms with Gasteiger partial charge in [0.15, 0.2) is 0 Å². The molecule has 2 aromatic carbocycles. The number of aryl methyl sites for hydroxylation is 2. The van der Waals surface area contributed by atoms with Crippen LogP contribution in [0.3, 0.4) is 0 Å². The molecule has 0 fully saturated rings. The fourth-order valence-corrected chi connectivity index (χ4v) is 3.94. The molecule has 1 N–H and O–H groups in total. The highest BCUT2D eigenvalue weighted by atomic mass is 32.2. The molecule has 0 heterocycles. The number of carbonyl (C=O) groups is 1. The number of nitrogens with zero attached hydrogens (tertiary/aromatic N) is 2. The van der Waals surface area contributed by atoms with Gasteiger partial charge in [-0.3, -0.25) is 4.79 Å². The van der Waals surface area contributed by atoms with E-state index in [-0.39, 0.29) is 11.7 Å². The first-order chi connectivity index (χ1) is 13.0. The van der Waals surface area contributed by atoms with E-state index < -0.39 is 28.5 Å². The Bertz CT molecular complexity index is 961. The lowest BCUT2D eigenvalue weighted by Gasteiger charge is -2.28. The number of para-hydroxylation sites is 1. The summed E-state index contributed by atoms with van der Waals surface area (Å²) in [6.45, 7) is 5.20. The van der Waals surface area contributed by atoms with Crippen molar-refractivity contribution in [1.29, 1.82) is 0 Å². The topological polar surface area (TPSA) is 69.7 Å². The maximum atomic E-state index is 14.3. The minimum atomic E-state index is -4.06. The third-order valence-corrected chi connectivity index (χ3v) is 6.23. The fraction of sp³-hybridized carbons (Fsp3) is 0.350. The Morgan fingerprint density at radius 2 is 1.79 bits per heavy atom. The van der Waals surface area contributed by atoms with E-state index in [0.29, 0.717) is 0 Å². The largest absolute Gasteiger partial charge is 0.348 e. The molecule has 0 aliphatic heterocycles. The Kier molecular flexibility index (Phi) is 6.79. The molecule has 2 aromatic rings. The van der Waals surface area contributed by atoms with Gasteiger partial charge in [0, 0.05) is 14.1 Å². The molecule has 0 spiro atoms. The van der Waals surface area contributed by atoms with Crippen molar-refractivity contribution < 1.29 is 17.6 Å². The minimum Gasteiger partial charge on any atom is -0.348 e. The SMILES string of the molecule is Cc1ccc(C)c([C@@H](C)NC(=O)CN(c2ccccc2F)S(=O)(=O)N(C)C)c1. The second kappa shape index (κ2) is 8.70. The van der Waals surface area contributed by atoms with Crippen molar-refractivity contribution >= 4 is 21.8 Å². The number of carbonyl (C=O) groups excluding carboxylic acids is 1. The van der Waals surface area contributed by atoms with Crippen molar-refractivity contribution in [3.05, 3.63) is 65.0 Å². The lowest BCUT2D eigenvalue weighted by atomic mass is 10.00. The number of anilines is 1. The third-order valence-electron chi connectivity index (χ3n) is 4.43. The van der Waals surface area contributed by atoms with Crippen LogP contribution in [0.2, 0.25) is 0 Å². The Balaban J connectivity index is 2.28. The highest BCUT2D eigenvalue weighted by Gasteiger charge is 2.29. The predicted molar refractivity (Wildman–Crippen MR) is 109 cm³/mol. The fourth-order valence-electron chi connectivity index (χ4n) is 2.86. The van der Waals surface area contributed by atoms with Gasteiger partial charge in [0.2, 0.25) is 5.91 Å². The molecule has 6 nitrogen and oxygen atoms in total. The van der Waals surface area contributed by atoms with Gasteiger partial charge in [-0.2, -0.15) is 12.7 Å². The first-order valence-corrected chi connectivity index (χ1v) is 10.2. The average Bonchev–Trinajstić information content (AvgIpc) is 2.62. The standard InChI is InChI=1S/C20H26FN3O3S/c1-14-10-11-15(2)17(12-14)16(3)22-20(25)13-24(28(26,27)23(4)5)19-9-7-6-8-18(19)21/h6-12,16H,13H2,1-5H3,(H,22,25)/t16-/m1/s1. The molecule has 0 aliphatic rings. The molecule has 1 atom stereocenters. The molecule has 2 rings (SSSR count). The van der Waals surface area contributed by atoms with Gasteiger partial charge in [-0.1, -0.05) is 35.9 Å². The summed E-state index contributed by atoms with van der Waals surface area (Å²) in [7, 11) is -1.39. The number of halogens is 1. The number of benzene rings is 2. The quantitative estimate of drug-likeness (QED) is 0.767. The van der Waals surface area contributed by atoms with Gasteiger partial charge in [-0.05, 0) is 44.0 Å². The van der Waals surface area contributed by atoms with Crippen molar-refractivity contribution in [2.45, 2.75) is 26.8 Å². The van der Waals surface area contributed by atoms with Crippen LogP contribution in [0.4, 0.5) is 10.1 Å². The highest BCUT2D eigenvalue weighted by molar-refractivity contribution is 7.90. The van der Waals surface area contributed by atoms with Crippen LogP contribution < -0.4 is 9.62 Å². The van der Waals surface area contributed by atoms with Crippen LogP contribution in [0.15, 0.2) is 42.5 Å². The van der Waals surface area contributed by atoms with Crippen LogP contribution >= 0.6 is 0 Å². The number of hydrogen-bond donors (Lipinski definition) is 1. The lowest BCUT2D eigenvalue weighted by molar-refractivity contribution is -0.120. The van der Waals surface area contributed by atoms with Crippen LogP contribution in [0.1, 0.15) is 29.7 Å². The van der Waals surface area contributed by atoms with Crippen molar-refractivity contribution in [1.82, 2.24) is 9.62 Å². The summed E-state index contributed by atoms with van der Waals surface area (Å²) in [5, 5.41) is 2.81. The second-order valence-corrected chi connectivity index (χ2v) is 8.96. The molecule has 0 aromatic heterocycles. The molecule has 8 heteroatoms. The van der Waals surface area contributed by atoms with Crippen LogP contribution in [-0.2, 0) is 15.0 Å². The smallest absolute Gasteiger partial charge is 0.304 e. The normalized spacial score (nSPS) is 12.7. The molecule has 28 heavy (non-hydrogen) atoms. The van der Waals surface area contributed by atoms with E-state index in [4.69, 9.17) is 0 Å². The Labute approximate surface area is 166 Å². The van der Waals surface area contributed by atoms with Gasteiger partial charge in [-0.15, -0.1) is 0 Å². The molecule has 0 unspecified atom stereocenters. The first-order valence-electron chi connectivity index (χ1n) is 8.85. The number of hydrogen-bond acceptors (Lipinski definition) is 3. The van der Waals surface area contributed by atoms with E-state index in [1.165, 1.54) is 32.3 Å². The minimum absolute atomic E-state index is 0.175. The summed E-state index contributed by atoms with van der Waals surface area (Å²) in [4.78, 5) is 12.6. The molecule has 1 amide bonds. The maximum Gasteiger partial charge on any atom is 0.304 e. The Morgan fingerprint density at radius 3 is 2.39 bits per heavy atom. The van der Waals surface area contributed by atoms with E-state index in [2.05, 4.69) is 5.32 Å². The summed E-state index contributed by atoms with van der Waals surface area (Å²) in [6.07, 6.45) is 0. The second-order valence-electron chi connectivity index (χ2n) is 6.90. The van der Waals surface area contributed by atoms with Gasteiger partial charge in [0.05, 0.1) is 11.7 Å². The van der Waals surface area contributed by atoms with Crippen LogP contribution in [0, 0.1) is 19.7 Å². The molecule has 152 valence electrons. The van der Waals surface area contributed by atoms with Crippen molar-refractivity contribution in [3.8, 4) is 0 Å². The molecule has 0 radical (unpaired) electrons. The molecule has 0 saturated carbocycles. The lowest BCUT2D eigenvalue weighted by Crippen LogP contribution is -2.46. The molecular formula is C20H26FN3O3S. The maximum absolute atomic E-state index is 14.3. The zero-order chi connectivity index (χ0) is 21.1. The van der Waals surface area contributed by atoms with Gasteiger partial charge < -0.3 is 5.32 Å². The van der Waals surface area contributed by atoms with Crippen LogP contribution in [-0.4, -0.2) is 39.3 Å². The van der Waals surface area contributed by atoms with E-state index in [0.717, 1.165) is 31.4 Å². The molecule has 0 saturated heterocycles. The average molecular weight is 408 g/mol. The Hall–Kier alpha value is -2.45. The van der Waals surface area contributed by atoms with Crippen molar-refractivity contribution in [2.24, 2.45) is 0 Å². The monoisotopic (exact) mass is 407 g/mol. The van der Waals surface area contributed by atoms with E-state index in [9.17, 15) is 17.6 Å². The molecular weight excluding hydrogens is 381 g/mol. The number of rotatable bonds is 7. The Morgan fingerprint density at radius 1 is 1.14 bits per heavy atom. The van der Waals surface area contributed by atoms with Crippen molar-refractivity contribution in [2.75, 3.05) is 24.9 Å². The predicted octanol–water partition coefficient (Wildman–Crippen LogP) is 2.93. The third kappa shape index (κ3) is 4.88. The first kappa shape index (κ1) is 21.8. The highest BCUT2D eigenvalue weighted by Crippen LogP contribution is 2.23. The number of amides is 1. The van der Waals surface area contributed by atoms with E-state index in [1.54, 1.807) is 0 Å². The van der Waals surface area contributed by atoms with Gasteiger partial charge in [-0.25, -0.2) is 8.70 Å². The number of nitrogens with one attached hydrogen (secondary N) is 1. The van der Waals surface area contributed by atoms with Gasteiger partial charge >= 0.3 is 10.2 Å². The van der Waals surface area contributed by atoms with Crippen molar-refractivity contribution in [3.63, 3.8) is 0 Å². The van der Waals surface area contributed by atoms with Gasteiger partial charge in [0.25, 0.3) is 0 Å². The summed E-state index contributed by atoms with van der Waals surface area (Å²) >= 11 is 0. The van der Waals surface area contributed by atoms with E-state index >= 15 is 0 Å². The zero-order valence-electron chi connectivity index (χ0n) is 16.7. The zero-order valence-corrected chi connectivity index (χ0v) is 17.5. The molecule has 0 bridgehead atoms. The summed E-state index contributed by atoms with van der Waals surface area (Å²) < 4.78 is 41.3.